The van der Waals surface area contributed by atoms with Gasteiger partial charge in [0.1, 0.15) is 0 Å². The zero-order chi connectivity index (χ0) is 11.5. The largest absolute Gasteiger partial charge is 0.373 e. The molecule has 1 aliphatic carbocycles. The highest BCUT2D eigenvalue weighted by Gasteiger charge is 2.27. The Morgan fingerprint density at radius 1 is 1.44 bits per heavy atom. The zero-order valence-corrected chi connectivity index (χ0v) is 8.83. The summed E-state index contributed by atoms with van der Waals surface area (Å²) < 4.78 is 5.54. The molecule has 0 radical (unpaired) electrons. The first-order valence-corrected chi connectivity index (χ1v) is 5.26. The van der Waals surface area contributed by atoms with E-state index >= 15 is 0 Å². The molecule has 1 saturated carbocycles. The molecule has 0 aliphatic heterocycles. The van der Waals surface area contributed by atoms with Gasteiger partial charge in [0.05, 0.1) is 23.2 Å². The lowest BCUT2D eigenvalue weighted by molar-refractivity contribution is -0.386. The molecule has 0 atom stereocenters. The number of ether oxygens (including phenoxy) is 1. The summed E-state index contributed by atoms with van der Waals surface area (Å²) in [5.41, 5.74) is 6.36. The highest BCUT2D eigenvalue weighted by Crippen LogP contribution is 2.25. The molecule has 1 aromatic carbocycles. The molecule has 0 heterocycles. The van der Waals surface area contributed by atoms with Crippen LogP contribution in [-0.4, -0.2) is 17.1 Å². The lowest BCUT2D eigenvalue weighted by Gasteiger charge is -2.32. The van der Waals surface area contributed by atoms with E-state index in [-0.39, 0.29) is 29.4 Å². The van der Waals surface area contributed by atoms with Crippen molar-refractivity contribution < 1.29 is 9.66 Å². The number of benzene rings is 1. The smallest absolute Gasteiger partial charge is 0.274 e. The van der Waals surface area contributed by atoms with Crippen LogP contribution in [0.4, 0.5) is 5.69 Å². The molecule has 1 aromatic rings. The van der Waals surface area contributed by atoms with Crippen LogP contribution in [0.5, 0.6) is 0 Å². The molecular weight excluding hydrogens is 208 g/mol. The standard InChI is InChI=1S/C11H14N2O3/c12-9-5-10(6-9)16-7-8-3-1-2-4-11(8)13(14)15/h1-4,9-10H,5-7,12H2. The maximum atomic E-state index is 10.7. The fourth-order valence-electron chi connectivity index (χ4n) is 1.76. The molecule has 5 nitrogen and oxygen atoms in total. The Labute approximate surface area is 93.4 Å². The van der Waals surface area contributed by atoms with E-state index in [0.717, 1.165) is 12.8 Å². The Morgan fingerprint density at radius 2 is 2.12 bits per heavy atom. The first kappa shape index (κ1) is 11.0. The molecule has 1 aliphatic rings. The Morgan fingerprint density at radius 3 is 2.75 bits per heavy atom. The third-order valence-corrected chi connectivity index (χ3v) is 2.79. The van der Waals surface area contributed by atoms with Crippen LogP contribution in [0, 0.1) is 10.1 Å². The van der Waals surface area contributed by atoms with E-state index in [0.29, 0.717) is 5.56 Å². The fourth-order valence-corrected chi connectivity index (χ4v) is 1.76. The molecule has 0 spiro atoms. The fraction of sp³-hybridized carbons (Fsp3) is 0.455. The molecule has 1 fully saturated rings. The first-order valence-electron chi connectivity index (χ1n) is 5.26. The van der Waals surface area contributed by atoms with Gasteiger partial charge in [-0.05, 0) is 18.9 Å². The van der Waals surface area contributed by atoms with Gasteiger partial charge < -0.3 is 10.5 Å². The van der Waals surface area contributed by atoms with Crippen molar-refractivity contribution in [2.75, 3.05) is 0 Å². The first-order chi connectivity index (χ1) is 7.66. The van der Waals surface area contributed by atoms with E-state index in [2.05, 4.69) is 0 Å². The lowest BCUT2D eigenvalue weighted by atomic mass is 9.90. The van der Waals surface area contributed by atoms with Crippen molar-refractivity contribution in [3.05, 3.63) is 39.9 Å². The molecule has 16 heavy (non-hydrogen) atoms. The van der Waals surface area contributed by atoms with Gasteiger partial charge in [-0.15, -0.1) is 0 Å². The van der Waals surface area contributed by atoms with E-state index in [1.807, 2.05) is 0 Å². The van der Waals surface area contributed by atoms with Crippen molar-refractivity contribution in [1.82, 2.24) is 0 Å². The molecule has 0 saturated heterocycles. The van der Waals surface area contributed by atoms with Crippen LogP contribution in [0.1, 0.15) is 18.4 Å². The Balaban J connectivity index is 1.95. The molecule has 2 N–H and O–H groups in total. The number of nitrogens with zero attached hydrogens (tertiary/aromatic N) is 1. The van der Waals surface area contributed by atoms with Crippen molar-refractivity contribution in [2.24, 2.45) is 5.73 Å². The van der Waals surface area contributed by atoms with E-state index in [1.165, 1.54) is 6.07 Å². The third kappa shape index (κ3) is 2.37. The van der Waals surface area contributed by atoms with E-state index in [4.69, 9.17) is 10.5 Å². The number of rotatable bonds is 4. The van der Waals surface area contributed by atoms with E-state index in [9.17, 15) is 10.1 Å². The van der Waals surface area contributed by atoms with Crippen molar-refractivity contribution in [1.29, 1.82) is 0 Å². The van der Waals surface area contributed by atoms with Crippen LogP contribution >= 0.6 is 0 Å². The van der Waals surface area contributed by atoms with Gasteiger partial charge in [0.2, 0.25) is 0 Å². The summed E-state index contributed by atoms with van der Waals surface area (Å²) in [6.07, 6.45) is 1.86. The van der Waals surface area contributed by atoms with Crippen molar-refractivity contribution in [3.63, 3.8) is 0 Å². The van der Waals surface area contributed by atoms with Gasteiger partial charge in [-0.1, -0.05) is 12.1 Å². The normalized spacial score (nSPS) is 23.8. The summed E-state index contributed by atoms with van der Waals surface area (Å²) in [5, 5.41) is 10.7. The summed E-state index contributed by atoms with van der Waals surface area (Å²) in [7, 11) is 0. The van der Waals surface area contributed by atoms with Gasteiger partial charge in [-0.3, -0.25) is 10.1 Å². The van der Waals surface area contributed by atoms with Crippen molar-refractivity contribution >= 4 is 5.69 Å². The van der Waals surface area contributed by atoms with Crippen molar-refractivity contribution in [3.8, 4) is 0 Å². The van der Waals surface area contributed by atoms with Gasteiger partial charge >= 0.3 is 0 Å². The van der Waals surface area contributed by atoms with Crippen LogP contribution in [0.15, 0.2) is 24.3 Å². The summed E-state index contributed by atoms with van der Waals surface area (Å²) in [4.78, 5) is 10.3. The van der Waals surface area contributed by atoms with E-state index < -0.39 is 0 Å². The maximum absolute atomic E-state index is 10.7. The Kier molecular flexibility index (Phi) is 3.17. The highest BCUT2D eigenvalue weighted by molar-refractivity contribution is 5.39. The molecule has 0 aromatic heterocycles. The van der Waals surface area contributed by atoms with Crippen LogP contribution < -0.4 is 5.73 Å². The quantitative estimate of drug-likeness (QED) is 0.620. The minimum absolute atomic E-state index is 0.117. The highest BCUT2D eigenvalue weighted by atomic mass is 16.6. The molecular formula is C11H14N2O3. The van der Waals surface area contributed by atoms with Gasteiger partial charge in [0.25, 0.3) is 5.69 Å². The SMILES string of the molecule is NC1CC(OCc2ccccc2[N+](=O)[O-])C1. The second-order valence-corrected chi connectivity index (χ2v) is 4.05. The predicted molar refractivity (Wildman–Crippen MR) is 58.9 cm³/mol. The topological polar surface area (TPSA) is 78.4 Å². The summed E-state index contributed by atoms with van der Waals surface area (Å²) >= 11 is 0. The molecule has 2 rings (SSSR count). The third-order valence-electron chi connectivity index (χ3n) is 2.79. The van der Waals surface area contributed by atoms with Crippen LogP contribution in [0.2, 0.25) is 0 Å². The molecule has 86 valence electrons. The minimum Gasteiger partial charge on any atom is -0.373 e. The molecule has 0 unspecified atom stereocenters. The van der Waals surface area contributed by atoms with E-state index in [1.54, 1.807) is 18.2 Å². The van der Waals surface area contributed by atoms with Gasteiger partial charge in [0, 0.05) is 12.1 Å². The maximum Gasteiger partial charge on any atom is 0.274 e. The Hall–Kier alpha value is -1.46. The Bertz CT molecular complexity index is 389. The zero-order valence-electron chi connectivity index (χ0n) is 8.83. The number of para-hydroxylation sites is 1. The number of hydrogen-bond donors (Lipinski definition) is 1. The molecule has 0 bridgehead atoms. The number of nitro groups is 1. The predicted octanol–water partition coefficient (Wildman–Crippen LogP) is 1.60. The lowest BCUT2D eigenvalue weighted by Crippen LogP contribution is -2.41. The van der Waals surface area contributed by atoms with Crippen LogP contribution in [0.3, 0.4) is 0 Å². The van der Waals surface area contributed by atoms with Gasteiger partial charge in [-0.2, -0.15) is 0 Å². The van der Waals surface area contributed by atoms with Crippen LogP contribution in [-0.2, 0) is 11.3 Å². The number of nitrogens with two attached hydrogens (primary N) is 1. The number of nitro benzene ring substituents is 1. The summed E-state index contributed by atoms with van der Waals surface area (Å²) in [6.45, 7) is 0.286. The monoisotopic (exact) mass is 222 g/mol. The minimum atomic E-state index is -0.384. The average molecular weight is 222 g/mol. The molecule has 0 amide bonds. The summed E-state index contributed by atoms with van der Waals surface area (Å²) in [5.74, 6) is 0. The van der Waals surface area contributed by atoms with Crippen molar-refractivity contribution in [2.45, 2.75) is 31.6 Å². The number of hydrogen-bond acceptors (Lipinski definition) is 4. The summed E-state index contributed by atoms with van der Waals surface area (Å²) in [6, 6.07) is 6.87. The van der Waals surface area contributed by atoms with Crippen LogP contribution in [0.25, 0.3) is 0 Å². The second-order valence-electron chi connectivity index (χ2n) is 4.05. The van der Waals surface area contributed by atoms with Gasteiger partial charge in [-0.25, -0.2) is 0 Å². The average Bonchev–Trinajstić information content (AvgIpc) is 2.23. The second kappa shape index (κ2) is 4.59. The van der Waals surface area contributed by atoms with Gasteiger partial charge in [0.15, 0.2) is 0 Å². The molecule has 5 heteroatoms.